The standard InChI is InChI=1S/C19H25ClO2/c1-3-4-14(2)13-22-19(21)17-7-5-15(6-8-17)16-9-11-18(20)12-10-16/h7,9-12,14-15H,3-6,8,13H2,1-2H3. The monoisotopic (exact) mass is 320 g/mol. The SMILES string of the molecule is CCCC(C)COC(=O)C1=CCC(c2ccc(Cl)cc2)CC1. The van der Waals surface area contributed by atoms with E-state index in [0.717, 1.165) is 42.7 Å². The summed E-state index contributed by atoms with van der Waals surface area (Å²) < 4.78 is 5.43. The van der Waals surface area contributed by atoms with Crippen molar-refractivity contribution >= 4 is 17.6 Å². The van der Waals surface area contributed by atoms with E-state index in [1.807, 2.05) is 12.1 Å². The minimum Gasteiger partial charge on any atom is -0.462 e. The van der Waals surface area contributed by atoms with Gasteiger partial charge in [-0.1, -0.05) is 50.1 Å². The van der Waals surface area contributed by atoms with Gasteiger partial charge in [-0.25, -0.2) is 4.79 Å². The second-order valence-electron chi connectivity index (χ2n) is 6.24. The summed E-state index contributed by atoms with van der Waals surface area (Å²) in [6.07, 6.45) is 6.97. The summed E-state index contributed by atoms with van der Waals surface area (Å²) in [4.78, 5) is 12.1. The number of benzene rings is 1. The molecular weight excluding hydrogens is 296 g/mol. The molecule has 1 aliphatic carbocycles. The van der Waals surface area contributed by atoms with Gasteiger partial charge in [0.15, 0.2) is 0 Å². The van der Waals surface area contributed by atoms with Gasteiger partial charge < -0.3 is 4.74 Å². The van der Waals surface area contributed by atoms with Crippen molar-refractivity contribution in [3.63, 3.8) is 0 Å². The van der Waals surface area contributed by atoms with Crippen LogP contribution in [0.4, 0.5) is 0 Å². The van der Waals surface area contributed by atoms with Gasteiger partial charge in [0.2, 0.25) is 0 Å². The van der Waals surface area contributed by atoms with Gasteiger partial charge in [0.1, 0.15) is 0 Å². The minimum atomic E-state index is -0.127. The van der Waals surface area contributed by atoms with E-state index in [9.17, 15) is 4.79 Å². The van der Waals surface area contributed by atoms with Crippen LogP contribution in [0.5, 0.6) is 0 Å². The zero-order chi connectivity index (χ0) is 15.9. The van der Waals surface area contributed by atoms with Crippen LogP contribution in [0.25, 0.3) is 0 Å². The highest BCUT2D eigenvalue weighted by atomic mass is 35.5. The first kappa shape index (κ1) is 17.1. The third kappa shape index (κ3) is 4.88. The molecule has 2 unspecified atom stereocenters. The molecule has 1 aromatic carbocycles. The maximum absolute atomic E-state index is 12.1. The Balaban J connectivity index is 1.85. The number of esters is 1. The molecule has 0 bridgehead atoms. The number of hydrogen-bond donors (Lipinski definition) is 0. The topological polar surface area (TPSA) is 26.3 Å². The van der Waals surface area contributed by atoms with Crippen molar-refractivity contribution in [3.05, 3.63) is 46.5 Å². The van der Waals surface area contributed by atoms with Crippen molar-refractivity contribution in [2.75, 3.05) is 6.61 Å². The molecule has 0 aliphatic heterocycles. The maximum Gasteiger partial charge on any atom is 0.333 e. The fourth-order valence-electron chi connectivity index (χ4n) is 2.94. The van der Waals surface area contributed by atoms with Crippen LogP contribution in [0.15, 0.2) is 35.9 Å². The predicted octanol–water partition coefficient (Wildman–Crippen LogP) is 5.51. The van der Waals surface area contributed by atoms with Crippen molar-refractivity contribution < 1.29 is 9.53 Å². The molecular formula is C19H25ClO2. The number of halogens is 1. The molecule has 0 saturated heterocycles. The molecule has 120 valence electrons. The van der Waals surface area contributed by atoms with Crippen LogP contribution >= 0.6 is 11.6 Å². The Morgan fingerprint density at radius 2 is 2.09 bits per heavy atom. The highest BCUT2D eigenvalue weighted by Crippen LogP contribution is 2.33. The van der Waals surface area contributed by atoms with E-state index in [2.05, 4.69) is 32.1 Å². The molecule has 0 radical (unpaired) electrons. The van der Waals surface area contributed by atoms with Gasteiger partial charge in [-0.15, -0.1) is 0 Å². The van der Waals surface area contributed by atoms with E-state index < -0.39 is 0 Å². The number of carbonyl (C=O) groups is 1. The second-order valence-corrected chi connectivity index (χ2v) is 6.68. The molecule has 1 aromatic rings. The molecule has 2 rings (SSSR count). The van der Waals surface area contributed by atoms with Crippen LogP contribution in [-0.2, 0) is 9.53 Å². The Morgan fingerprint density at radius 1 is 1.36 bits per heavy atom. The van der Waals surface area contributed by atoms with Crippen molar-refractivity contribution in [3.8, 4) is 0 Å². The Bertz CT molecular complexity index is 519. The summed E-state index contributed by atoms with van der Waals surface area (Å²) in [5.41, 5.74) is 2.14. The van der Waals surface area contributed by atoms with Crippen molar-refractivity contribution in [1.82, 2.24) is 0 Å². The average molecular weight is 321 g/mol. The van der Waals surface area contributed by atoms with E-state index in [0.29, 0.717) is 18.4 Å². The van der Waals surface area contributed by atoms with Gasteiger partial charge in [-0.05, 0) is 55.2 Å². The zero-order valence-electron chi connectivity index (χ0n) is 13.5. The quantitative estimate of drug-likeness (QED) is 0.646. The van der Waals surface area contributed by atoms with Gasteiger partial charge >= 0.3 is 5.97 Å². The van der Waals surface area contributed by atoms with E-state index in [4.69, 9.17) is 16.3 Å². The molecule has 22 heavy (non-hydrogen) atoms. The van der Waals surface area contributed by atoms with Crippen LogP contribution < -0.4 is 0 Å². The Kier molecular flexibility index (Phi) is 6.50. The third-order valence-corrected chi connectivity index (χ3v) is 4.55. The molecule has 2 atom stereocenters. The first-order valence-corrected chi connectivity index (χ1v) is 8.59. The molecule has 0 fully saturated rings. The van der Waals surface area contributed by atoms with E-state index >= 15 is 0 Å². The normalized spacial score (nSPS) is 19.4. The van der Waals surface area contributed by atoms with Gasteiger partial charge in [0, 0.05) is 10.6 Å². The van der Waals surface area contributed by atoms with Crippen LogP contribution in [-0.4, -0.2) is 12.6 Å². The Hall–Kier alpha value is -1.28. The lowest BCUT2D eigenvalue weighted by Crippen LogP contribution is -2.16. The second kappa shape index (κ2) is 8.38. The van der Waals surface area contributed by atoms with E-state index in [-0.39, 0.29) is 5.97 Å². The molecule has 0 spiro atoms. The summed E-state index contributed by atoms with van der Waals surface area (Å²) in [6, 6.07) is 8.02. The van der Waals surface area contributed by atoms with E-state index in [1.165, 1.54) is 5.56 Å². The lowest BCUT2D eigenvalue weighted by molar-refractivity contribution is -0.140. The Morgan fingerprint density at radius 3 is 2.68 bits per heavy atom. The van der Waals surface area contributed by atoms with Crippen molar-refractivity contribution in [2.45, 2.75) is 51.9 Å². The summed E-state index contributed by atoms with van der Waals surface area (Å²) in [5, 5.41) is 0.764. The van der Waals surface area contributed by atoms with Crippen LogP contribution in [0.1, 0.15) is 57.4 Å². The molecule has 3 heteroatoms. The van der Waals surface area contributed by atoms with Gasteiger partial charge in [0.25, 0.3) is 0 Å². The lowest BCUT2D eigenvalue weighted by Gasteiger charge is -2.22. The number of rotatable bonds is 6. The van der Waals surface area contributed by atoms with Gasteiger partial charge in [-0.2, -0.15) is 0 Å². The first-order chi connectivity index (χ1) is 10.6. The highest BCUT2D eigenvalue weighted by molar-refractivity contribution is 6.30. The smallest absolute Gasteiger partial charge is 0.333 e. The predicted molar refractivity (Wildman–Crippen MR) is 91.2 cm³/mol. The first-order valence-electron chi connectivity index (χ1n) is 8.21. The summed E-state index contributed by atoms with van der Waals surface area (Å²) >= 11 is 5.92. The zero-order valence-corrected chi connectivity index (χ0v) is 14.2. The van der Waals surface area contributed by atoms with Crippen LogP contribution in [0.3, 0.4) is 0 Å². The highest BCUT2D eigenvalue weighted by Gasteiger charge is 2.21. The summed E-state index contributed by atoms with van der Waals surface area (Å²) in [6.45, 7) is 4.81. The van der Waals surface area contributed by atoms with Gasteiger partial charge in [-0.3, -0.25) is 0 Å². The van der Waals surface area contributed by atoms with Crippen molar-refractivity contribution in [1.29, 1.82) is 0 Å². The Labute approximate surface area is 138 Å². The molecule has 2 nitrogen and oxygen atoms in total. The number of carbonyl (C=O) groups excluding carboxylic acids is 1. The largest absolute Gasteiger partial charge is 0.462 e. The molecule has 0 heterocycles. The van der Waals surface area contributed by atoms with Crippen LogP contribution in [0.2, 0.25) is 5.02 Å². The molecule has 0 saturated carbocycles. The third-order valence-electron chi connectivity index (χ3n) is 4.29. The molecule has 0 aromatic heterocycles. The number of hydrogen-bond acceptors (Lipinski definition) is 2. The number of ether oxygens (including phenoxy) is 1. The summed E-state index contributed by atoms with van der Waals surface area (Å²) in [5.74, 6) is 0.797. The van der Waals surface area contributed by atoms with Crippen LogP contribution in [0, 0.1) is 5.92 Å². The lowest BCUT2D eigenvalue weighted by atomic mass is 9.84. The summed E-state index contributed by atoms with van der Waals surface area (Å²) in [7, 11) is 0. The molecule has 0 amide bonds. The fraction of sp³-hybridized carbons (Fsp3) is 0.526. The van der Waals surface area contributed by atoms with E-state index in [1.54, 1.807) is 0 Å². The average Bonchev–Trinajstić information content (AvgIpc) is 2.54. The van der Waals surface area contributed by atoms with Crippen molar-refractivity contribution in [2.24, 2.45) is 5.92 Å². The fourth-order valence-corrected chi connectivity index (χ4v) is 3.07. The molecule has 0 N–H and O–H groups in total. The number of allylic oxidation sites excluding steroid dienone is 1. The minimum absolute atomic E-state index is 0.127. The molecule has 1 aliphatic rings. The maximum atomic E-state index is 12.1. The van der Waals surface area contributed by atoms with Gasteiger partial charge in [0.05, 0.1) is 6.61 Å².